The fourth-order valence-electron chi connectivity index (χ4n) is 11.7. The second-order valence-electron chi connectivity index (χ2n) is 18.2. The first-order chi connectivity index (χ1) is 34.2. The van der Waals surface area contributed by atoms with Gasteiger partial charge in [0, 0.05) is 49.5 Å². The summed E-state index contributed by atoms with van der Waals surface area (Å²) < 4.78 is 9.00. The minimum atomic E-state index is -0.434. The molecule has 5 heteroatoms. The Morgan fingerprint density at radius 3 is 1.41 bits per heavy atom. The van der Waals surface area contributed by atoms with Crippen molar-refractivity contribution in [1.82, 2.24) is 19.5 Å². The molecule has 0 amide bonds. The summed E-state index contributed by atoms with van der Waals surface area (Å²) >= 11 is 0. The van der Waals surface area contributed by atoms with Gasteiger partial charge in [-0.3, -0.25) is 0 Å². The summed E-state index contributed by atoms with van der Waals surface area (Å²) in [6.07, 6.45) is 0. The Balaban J connectivity index is 0.920. The van der Waals surface area contributed by atoms with Crippen LogP contribution in [0.5, 0.6) is 0 Å². The fraction of sp³-hybridized carbons (Fsp3) is 0.0156. The lowest BCUT2D eigenvalue weighted by Crippen LogP contribution is -2.25. The van der Waals surface area contributed by atoms with Crippen LogP contribution in [0.4, 0.5) is 0 Å². The van der Waals surface area contributed by atoms with Crippen LogP contribution >= 0.6 is 0 Å². The second-order valence-corrected chi connectivity index (χ2v) is 18.2. The standard InChI is InChI=1S/C64H38N4O/c1-4-16-39(17-5-1)61-65-62(40-18-6-2-7-19-40)67-63(66-61)43-30-35-58-51(38-43)50-37-42(29-34-57(50)69-58)41-28-33-56-49(36-41)47-31-32-55-59(60(47)68(56)44-20-8-3-9-21-44)48-24-12-15-27-54(48)64(55)52-25-13-10-22-45(52)46-23-11-14-26-53(46)64/h1-38H. The molecule has 3 heterocycles. The van der Waals surface area contributed by atoms with Gasteiger partial charge in [-0.25, -0.2) is 15.0 Å². The van der Waals surface area contributed by atoms with Crippen molar-refractivity contribution in [2.45, 2.75) is 5.41 Å². The molecule has 0 bridgehead atoms. The summed E-state index contributed by atoms with van der Waals surface area (Å²) in [5, 5.41) is 4.47. The quantitative estimate of drug-likeness (QED) is 0.173. The van der Waals surface area contributed by atoms with Crippen molar-refractivity contribution < 1.29 is 4.42 Å². The van der Waals surface area contributed by atoms with Crippen molar-refractivity contribution >= 4 is 43.7 Å². The van der Waals surface area contributed by atoms with Gasteiger partial charge in [0.05, 0.1) is 16.4 Å². The lowest BCUT2D eigenvalue weighted by Gasteiger charge is -2.30. The lowest BCUT2D eigenvalue weighted by molar-refractivity contribution is 0.669. The van der Waals surface area contributed by atoms with Crippen molar-refractivity contribution in [2.24, 2.45) is 0 Å². The number of aromatic nitrogens is 4. The molecule has 0 aliphatic heterocycles. The van der Waals surface area contributed by atoms with Gasteiger partial charge in [-0.15, -0.1) is 0 Å². The van der Waals surface area contributed by atoms with Gasteiger partial charge in [0.15, 0.2) is 17.5 Å². The third-order valence-corrected chi connectivity index (χ3v) is 14.7. The van der Waals surface area contributed by atoms with Gasteiger partial charge >= 0.3 is 0 Å². The molecule has 0 saturated carbocycles. The number of furan rings is 1. The van der Waals surface area contributed by atoms with E-state index in [0.29, 0.717) is 17.5 Å². The van der Waals surface area contributed by atoms with E-state index in [4.69, 9.17) is 19.4 Å². The average Bonchev–Trinajstić information content (AvgIpc) is 4.14. The molecule has 3 aromatic heterocycles. The minimum Gasteiger partial charge on any atom is -0.456 e. The van der Waals surface area contributed by atoms with Crippen LogP contribution in [-0.2, 0) is 5.41 Å². The van der Waals surface area contributed by atoms with Crippen LogP contribution in [0.1, 0.15) is 22.3 Å². The minimum absolute atomic E-state index is 0.434. The zero-order valence-electron chi connectivity index (χ0n) is 37.1. The van der Waals surface area contributed by atoms with E-state index in [1.165, 1.54) is 66.3 Å². The Morgan fingerprint density at radius 2 is 0.797 bits per heavy atom. The molecular weight excluding hydrogens is 841 g/mol. The Kier molecular flexibility index (Phi) is 7.93. The third-order valence-electron chi connectivity index (χ3n) is 14.7. The topological polar surface area (TPSA) is 56.7 Å². The Hall–Kier alpha value is -9.19. The fourth-order valence-corrected chi connectivity index (χ4v) is 11.7. The highest BCUT2D eigenvalue weighted by molar-refractivity contribution is 6.17. The second kappa shape index (κ2) is 14.4. The molecule has 1 spiro atoms. The number of nitrogens with zero attached hydrogens (tertiary/aromatic N) is 4. The van der Waals surface area contributed by atoms with Crippen LogP contribution in [0.2, 0.25) is 0 Å². The highest BCUT2D eigenvalue weighted by atomic mass is 16.3. The largest absolute Gasteiger partial charge is 0.456 e. The molecule has 0 atom stereocenters. The molecule has 2 aliphatic rings. The van der Waals surface area contributed by atoms with Crippen molar-refractivity contribution in [3.05, 3.63) is 253 Å². The number of fused-ring (bicyclic) bond motifs is 17. The summed E-state index contributed by atoms with van der Waals surface area (Å²) in [7, 11) is 0. The molecule has 2 aliphatic carbocycles. The molecule has 69 heavy (non-hydrogen) atoms. The van der Waals surface area contributed by atoms with Crippen molar-refractivity contribution in [3.8, 4) is 73.2 Å². The highest BCUT2D eigenvalue weighted by Gasteiger charge is 2.52. The number of para-hydroxylation sites is 1. The summed E-state index contributed by atoms with van der Waals surface area (Å²) in [4.78, 5) is 15.0. The van der Waals surface area contributed by atoms with Gasteiger partial charge < -0.3 is 8.98 Å². The van der Waals surface area contributed by atoms with E-state index >= 15 is 0 Å². The van der Waals surface area contributed by atoms with E-state index in [-0.39, 0.29) is 0 Å². The molecule has 13 aromatic rings. The summed E-state index contributed by atoms with van der Waals surface area (Å²) in [5.74, 6) is 1.87. The van der Waals surface area contributed by atoms with Crippen LogP contribution in [0.25, 0.3) is 117 Å². The smallest absolute Gasteiger partial charge is 0.164 e. The number of benzene rings is 10. The van der Waals surface area contributed by atoms with E-state index in [0.717, 1.165) is 55.4 Å². The predicted octanol–water partition coefficient (Wildman–Crippen LogP) is 15.9. The zero-order chi connectivity index (χ0) is 45.2. The molecule has 10 aromatic carbocycles. The van der Waals surface area contributed by atoms with E-state index < -0.39 is 5.41 Å². The van der Waals surface area contributed by atoms with Gasteiger partial charge in [0.1, 0.15) is 11.2 Å². The Bertz CT molecular complexity index is 4140. The van der Waals surface area contributed by atoms with E-state index in [2.05, 4.69) is 162 Å². The Labute approximate surface area is 397 Å². The van der Waals surface area contributed by atoms with E-state index in [1.807, 2.05) is 72.8 Å². The monoisotopic (exact) mass is 878 g/mol. The molecule has 0 N–H and O–H groups in total. The van der Waals surface area contributed by atoms with E-state index in [1.54, 1.807) is 0 Å². The van der Waals surface area contributed by atoms with Crippen molar-refractivity contribution in [1.29, 1.82) is 0 Å². The van der Waals surface area contributed by atoms with Gasteiger partial charge in [-0.1, -0.05) is 176 Å². The summed E-state index contributed by atoms with van der Waals surface area (Å²) in [6.45, 7) is 0. The Morgan fingerprint density at radius 1 is 0.333 bits per heavy atom. The first kappa shape index (κ1) is 38.0. The molecular formula is C64H38N4O. The maximum Gasteiger partial charge on any atom is 0.164 e. The van der Waals surface area contributed by atoms with E-state index in [9.17, 15) is 0 Å². The molecule has 5 nitrogen and oxygen atoms in total. The van der Waals surface area contributed by atoms with Crippen molar-refractivity contribution in [2.75, 3.05) is 0 Å². The van der Waals surface area contributed by atoms with Crippen LogP contribution in [0, 0.1) is 0 Å². The molecule has 0 radical (unpaired) electrons. The van der Waals surface area contributed by atoms with Gasteiger partial charge in [-0.2, -0.15) is 0 Å². The predicted molar refractivity (Wildman–Crippen MR) is 279 cm³/mol. The third kappa shape index (κ3) is 5.38. The first-order valence-electron chi connectivity index (χ1n) is 23.5. The van der Waals surface area contributed by atoms with Crippen molar-refractivity contribution in [3.63, 3.8) is 0 Å². The lowest BCUT2D eigenvalue weighted by atomic mass is 9.70. The van der Waals surface area contributed by atoms with Crippen LogP contribution in [-0.4, -0.2) is 19.5 Å². The SMILES string of the molecule is c1ccc(-c2nc(-c3ccccc3)nc(-c3ccc4oc5ccc(-c6ccc7c(c6)c6ccc8c(c6n7-c6ccccc6)-c6ccccc6C86c7ccccc7-c7ccccc76)cc5c4c3)n2)cc1. The molecule has 0 saturated heterocycles. The normalized spacial score (nSPS) is 13.0. The average molecular weight is 879 g/mol. The van der Waals surface area contributed by atoms with Crippen LogP contribution in [0.3, 0.4) is 0 Å². The highest BCUT2D eigenvalue weighted by Crippen LogP contribution is 2.64. The molecule has 320 valence electrons. The number of hydrogen-bond donors (Lipinski definition) is 0. The summed E-state index contributed by atoms with van der Waals surface area (Å²) in [5.41, 5.74) is 20.3. The maximum atomic E-state index is 6.50. The van der Waals surface area contributed by atoms with Gasteiger partial charge in [0.2, 0.25) is 0 Å². The van der Waals surface area contributed by atoms with Gasteiger partial charge in [0.25, 0.3) is 0 Å². The van der Waals surface area contributed by atoms with Gasteiger partial charge in [-0.05, 0) is 105 Å². The van der Waals surface area contributed by atoms with Crippen LogP contribution in [0.15, 0.2) is 235 Å². The molecule has 0 unspecified atom stereocenters. The first-order valence-corrected chi connectivity index (χ1v) is 23.5. The zero-order valence-corrected chi connectivity index (χ0v) is 37.1. The molecule has 0 fully saturated rings. The molecule has 15 rings (SSSR count). The number of rotatable bonds is 5. The summed E-state index contributed by atoms with van der Waals surface area (Å²) in [6, 6.07) is 82.8. The maximum absolute atomic E-state index is 6.50. The number of hydrogen-bond acceptors (Lipinski definition) is 4. The van der Waals surface area contributed by atoms with Crippen LogP contribution < -0.4 is 0 Å².